The third kappa shape index (κ3) is 14.1. The molecule has 0 aliphatic carbocycles. The van der Waals surface area contributed by atoms with Crippen molar-refractivity contribution < 1.29 is 23.8 Å². The van der Waals surface area contributed by atoms with E-state index in [-0.39, 0.29) is 28.1 Å². The molecule has 0 aliphatic rings. The molecule has 7 heteroatoms. The van der Waals surface area contributed by atoms with Crippen LogP contribution in [0.4, 0.5) is 0 Å². The van der Waals surface area contributed by atoms with Crippen LogP contribution in [0.15, 0.2) is 0 Å². The Labute approximate surface area is 196 Å². The van der Waals surface area contributed by atoms with Crippen LogP contribution in [0.2, 0.25) is 0 Å². The fraction of sp³-hybridized carbons (Fsp3) is 0.920. The number of hydrogen-bond donors (Lipinski definition) is 2. The predicted octanol–water partition coefficient (Wildman–Crippen LogP) is 3.80. The average Bonchev–Trinajstić information content (AvgIpc) is 2.64. The van der Waals surface area contributed by atoms with Gasteiger partial charge in [-0.05, 0) is 20.3 Å². The van der Waals surface area contributed by atoms with Gasteiger partial charge in [-0.3, -0.25) is 9.59 Å². The molecule has 7 nitrogen and oxygen atoms in total. The van der Waals surface area contributed by atoms with E-state index in [0.717, 1.165) is 6.42 Å². The normalized spacial score (nSPS) is 13.2. The van der Waals surface area contributed by atoms with Crippen molar-refractivity contribution in [1.29, 1.82) is 0 Å². The second-order valence-electron chi connectivity index (χ2n) is 12.0. The van der Waals surface area contributed by atoms with Crippen LogP contribution in [0.3, 0.4) is 0 Å². The van der Waals surface area contributed by atoms with Crippen LogP contribution in [-0.2, 0) is 23.8 Å². The first-order valence-electron chi connectivity index (χ1n) is 11.8. The van der Waals surface area contributed by atoms with Gasteiger partial charge in [0.1, 0.15) is 0 Å². The van der Waals surface area contributed by atoms with E-state index in [1.807, 2.05) is 34.6 Å². The maximum atomic E-state index is 12.8. The van der Waals surface area contributed by atoms with Crippen molar-refractivity contribution in [3.8, 4) is 0 Å². The topological polar surface area (TPSA) is 85.9 Å². The van der Waals surface area contributed by atoms with E-state index in [4.69, 9.17) is 14.2 Å². The van der Waals surface area contributed by atoms with Crippen LogP contribution in [0.5, 0.6) is 0 Å². The van der Waals surface area contributed by atoms with Crippen molar-refractivity contribution in [2.45, 2.75) is 75.2 Å². The Hall–Kier alpha value is -1.18. The lowest BCUT2D eigenvalue weighted by atomic mass is 9.90. The third-order valence-electron chi connectivity index (χ3n) is 5.06. The molecule has 190 valence electrons. The number of carbonyl (C=O) groups is 2. The standard InChI is InChI=1S/C25H50N2O5/c1-11-12-20(28)26-13-22(2,3)17-32-19-25(8,9)21(29)27-14-23(4,5)16-31-18-24(6,7)15-30-10/h11-19H2,1-10H3,(H,26,28)(H,27,29). The molecule has 0 aliphatic heterocycles. The van der Waals surface area contributed by atoms with Gasteiger partial charge in [0.15, 0.2) is 0 Å². The molecule has 0 bridgehead atoms. The summed E-state index contributed by atoms with van der Waals surface area (Å²) in [6, 6.07) is 0. The molecule has 0 aromatic carbocycles. The molecule has 0 spiro atoms. The minimum absolute atomic E-state index is 0.0417. The van der Waals surface area contributed by atoms with Crippen molar-refractivity contribution in [3.63, 3.8) is 0 Å². The van der Waals surface area contributed by atoms with E-state index >= 15 is 0 Å². The highest BCUT2D eigenvalue weighted by molar-refractivity contribution is 5.82. The smallest absolute Gasteiger partial charge is 0.228 e. The van der Waals surface area contributed by atoms with Crippen molar-refractivity contribution >= 4 is 11.8 Å². The minimum atomic E-state index is -0.654. The highest BCUT2D eigenvalue weighted by Gasteiger charge is 2.31. The van der Waals surface area contributed by atoms with Crippen LogP contribution in [-0.4, -0.2) is 65.0 Å². The summed E-state index contributed by atoms with van der Waals surface area (Å²) in [6.45, 7) is 21.9. The van der Waals surface area contributed by atoms with E-state index in [1.54, 1.807) is 7.11 Å². The molecular weight excluding hydrogens is 408 g/mol. The monoisotopic (exact) mass is 458 g/mol. The zero-order valence-corrected chi connectivity index (χ0v) is 22.4. The number of carbonyl (C=O) groups excluding carboxylic acids is 2. The van der Waals surface area contributed by atoms with Gasteiger partial charge in [-0.15, -0.1) is 0 Å². The number of ether oxygens (including phenoxy) is 3. The zero-order valence-electron chi connectivity index (χ0n) is 22.4. The molecule has 0 aromatic rings. The van der Waals surface area contributed by atoms with Gasteiger partial charge >= 0.3 is 0 Å². The van der Waals surface area contributed by atoms with E-state index < -0.39 is 5.41 Å². The largest absolute Gasteiger partial charge is 0.384 e. The maximum absolute atomic E-state index is 12.8. The Morgan fingerprint density at radius 3 is 1.66 bits per heavy atom. The van der Waals surface area contributed by atoms with E-state index in [2.05, 4.69) is 38.3 Å². The molecule has 0 rings (SSSR count). The second-order valence-corrected chi connectivity index (χ2v) is 12.0. The summed E-state index contributed by atoms with van der Waals surface area (Å²) in [4.78, 5) is 24.5. The van der Waals surface area contributed by atoms with Gasteiger partial charge in [0.25, 0.3) is 0 Å². The fourth-order valence-corrected chi connectivity index (χ4v) is 3.00. The van der Waals surface area contributed by atoms with Crippen LogP contribution in [0.25, 0.3) is 0 Å². The molecule has 0 saturated carbocycles. The molecule has 0 saturated heterocycles. The maximum Gasteiger partial charge on any atom is 0.228 e. The molecule has 0 atom stereocenters. The first-order valence-corrected chi connectivity index (χ1v) is 11.8. The lowest BCUT2D eigenvalue weighted by Crippen LogP contribution is -2.45. The zero-order chi connectivity index (χ0) is 25.1. The molecular formula is C25H50N2O5. The minimum Gasteiger partial charge on any atom is -0.384 e. The summed E-state index contributed by atoms with van der Waals surface area (Å²) in [6.07, 6.45) is 1.37. The number of methoxy groups -OCH3 is 1. The number of amides is 2. The highest BCUT2D eigenvalue weighted by Crippen LogP contribution is 2.22. The first-order chi connectivity index (χ1) is 14.6. The second kappa shape index (κ2) is 13.5. The SMILES string of the molecule is CCCC(=O)NCC(C)(C)COCC(C)(C)C(=O)NCC(C)(C)COCC(C)(C)COC. The molecule has 2 N–H and O–H groups in total. The Balaban J connectivity index is 4.41. The molecule has 32 heavy (non-hydrogen) atoms. The highest BCUT2D eigenvalue weighted by atomic mass is 16.5. The van der Waals surface area contributed by atoms with Gasteiger partial charge in [0, 0.05) is 42.9 Å². The van der Waals surface area contributed by atoms with Crippen LogP contribution in [0, 0.1) is 21.7 Å². The fourth-order valence-electron chi connectivity index (χ4n) is 3.00. The molecule has 2 amide bonds. The molecule has 0 fully saturated rings. The van der Waals surface area contributed by atoms with Crippen LogP contribution < -0.4 is 10.6 Å². The number of rotatable bonds is 17. The molecule has 0 heterocycles. The van der Waals surface area contributed by atoms with Gasteiger partial charge < -0.3 is 24.8 Å². The molecule has 0 radical (unpaired) electrons. The quantitative estimate of drug-likeness (QED) is 0.346. The Bertz CT molecular complexity index is 571. The predicted molar refractivity (Wildman–Crippen MR) is 130 cm³/mol. The summed E-state index contributed by atoms with van der Waals surface area (Å²) >= 11 is 0. The first kappa shape index (κ1) is 30.8. The van der Waals surface area contributed by atoms with Gasteiger partial charge in [0.05, 0.1) is 38.4 Å². The van der Waals surface area contributed by atoms with Crippen molar-refractivity contribution in [1.82, 2.24) is 10.6 Å². The summed E-state index contributed by atoms with van der Waals surface area (Å²) < 4.78 is 17.0. The van der Waals surface area contributed by atoms with Crippen molar-refractivity contribution in [3.05, 3.63) is 0 Å². The Kier molecular flexibility index (Phi) is 13.0. The van der Waals surface area contributed by atoms with E-state index in [0.29, 0.717) is 52.5 Å². The van der Waals surface area contributed by atoms with E-state index in [1.165, 1.54) is 0 Å². The lowest BCUT2D eigenvalue weighted by molar-refractivity contribution is -0.134. The van der Waals surface area contributed by atoms with Crippen LogP contribution >= 0.6 is 0 Å². The summed E-state index contributed by atoms with van der Waals surface area (Å²) in [5.41, 5.74) is -1.08. The van der Waals surface area contributed by atoms with Crippen molar-refractivity contribution in [2.24, 2.45) is 21.7 Å². The Morgan fingerprint density at radius 2 is 1.16 bits per heavy atom. The summed E-state index contributed by atoms with van der Waals surface area (Å²) in [5, 5.41) is 6.00. The van der Waals surface area contributed by atoms with Crippen LogP contribution in [0.1, 0.15) is 75.2 Å². The van der Waals surface area contributed by atoms with Gasteiger partial charge in [-0.25, -0.2) is 0 Å². The van der Waals surface area contributed by atoms with Crippen molar-refractivity contribution in [2.75, 3.05) is 53.2 Å². The lowest BCUT2D eigenvalue weighted by Gasteiger charge is -2.31. The molecule has 0 unspecified atom stereocenters. The molecule has 0 aromatic heterocycles. The third-order valence-corrected chi connectivity index (χ3v) is 5.06. The van der Waals surface area contributed by atoms with Gasteiger partial charge in [0.2, 0.25) is 11.8 Å². The summed E-state index contributed by atoms with van der Waals surface area (Å²) in [5.74, 6) is 0.0217. The Morgan fingerprint density at radius 1 is 0.688 bits per heavy atom. The van der Waals surface area contributed by atoms with Gasteiger partial charge in [-0.2, -0.15) is 0 Å². The summed E-state index contributed by atoms with van der Waals surface area (Å²) in [7, 11) is 1.69. The van der Waals surface area contributed by atoms with E-state index in [9.17, 15) is 9.59 Å². The number of hydrogen-bond acceptors (Lipinski definition) is 5. The average molecular weight is 459 g/mol. The van der Waals surface area contributed by atoms with Gasteiger partial charge in [-0.1, -0.05) is 48.5 Å². The number of nitrogens with one attached hydrogen (secondary N) is 2.